The van der Waals surface area contributed by atoms with Crippen LogP contribution in [0.5, 0.6) is 11.5 Å². The van der Waals surface area contributed by atoms with Crippen molar-refractivity contribution < 1.29 is 19.4 Å². The van der Waals surface area contributed by atoms with E-state index in [1.807, 2.05) is 39.0 Å². The van der Waals surface area contributed by atoms with E-state index < -0.39 is 6.10 Å². The highest BCUT2D eigenvalue weighted by Crippen LogP contribution is 2.36. The number of amides is 2. The van der Waals surface area contributed by atoms with Gasteiger partial charge < -0.3 is 20.1 Å². The fraction of sp³-hybridized carbons (Fsp3) is 0.292. The minimum absolute atomic E-state index is 0.103. The third-order valence-electron chi connectivity index (χ3n) is 6.33. The van der Waals surface area contributed by atoms with E-state index in [1.165, 1.54) is 0 Å². The van der Waals surface area contributed by atoms with E-state index in [-0.39, 0.29) is 17.9 Å². The molecular weight excluding hydrogens is 440 g/mol. The summed E-state index contributed by atoms with van der Waals surface area (Å²) in [6.07, 6.45) is 2.85. The maximum atomic E-state index is 13.0. The number of aryl methyl sites for hydroxylation is 2. The first-order valence-electron chi connectivity index (χ1n) is 10.7. The summed E-state index contributed by atoms with van der Waals surface area (Å²) in [5.74, 6) is 0.984. The van der Waals surface area contributed by atoms with Gasteiger partial charge in [0.05, 0.1) is 29.5 Å². The number of rotatable bonds is 4. The number of fused-ring (bicyclic) bond motifs is 2. The van der Waals surface area contributed by atoms with Gasteiger partial charge in [0, 0.05) is 40.8 Å². The van der Waals surface area contributed by atoms with Crippen molar-refractivity contribution in [2.24, 2.45) is 0 Å². The van der Waals surface area contributed by atoms with Crippen molar-refractivity contribution in [3.63, 3.8) is 0 Å². The monoisotopic (exact) mass is 464 g/mol. The Hall–Kier alpha value is -3.43. The van der Waals surface area contributed by atoms with Crippen molar-refractivity contribution in [3.8, 4) is 11.5 Å². The van der Waals surface area contributed by atoms with E-state index in [9.17, 15) is 14.7 Å². The summed E-state index contributed by atoms with van der Waals surface area (Å²) in [5.41, 5.74) is 2.71. The number of ether oxygens (including phenoxy) is 1. The van der Waals surface area contributed by atoms with Crippen LogP contribution in [0.3, 0.4) is 0 Å². The predicted octanol–water partition coefficient (Wildman–Crippen LogP) is 3.52. The van der Waals surface area contributed by atoms with Gasteiger partial charge in [-0.15, -0.1) is 11.3 Å². The molecule has 1 aliphatic heterocycles. The van der Waals surface area contributed by atoms with Gasteiger partial charge in [-0.25, -0.2) is 4.52 Å². The Morgan fingerprint density at radius 3 is 2.76 bits per heavy atom. The van der Waals surface area contributed by atoms with Gasteiger partial charge in [0.1, 0.15) is 11.3 Å². The number of nitrogens with one attached hydrogen (secondary N) is 1. The Bertz CT molecular complexity index is 1420. The van der Waals surface area contributed by atoms with Crippen molar-refractivity contribution in [1.29, 1.82) is 0 Å². The number of benzene rings is 1. The molecule has 2 amide bonds. The fourth-order valence-corrected chi connectivity index (χ4v) is 5.42. The van der Waals surface area contributed by atoms with Gasteiger partial charge in [-0.2, -0.15) is 5.10 Å². The van der Waals surface area contributed by atoms with Crippen LogP contribution in [0.4, 0.5) is 0 Å². The van der Waals surface area contributed by atoms with E-state index in [4.69, 9.17) is 4.74 Å². The third-order valence-corrected chi connectivity index (χ3v) is 7.40. The second kappa shape index (κ2) is 7.86. The molecule has 4 aromatic rings. The molecule has 5 rings (SSSR count). The number of nitrogens with zero attached hydrogens (tertiary/aromatic N) is 3. The van der Waals surface area contributed by atoms with Crippen LogP contribution in [0.1, 0.15) is 38.1 Å². The number of likely N-dealkylation sites (tertiary alicyclic amines) is 1. The third kappa shape index (κ3) is 3.35. The average Bonchev–Trinajstić information content (AvgIpc) is 3.32. The van der Waals surface area contributed by atoms with Crippen LogP contribution in [0.2, 0.25) is 0 Å². The zero-order valence-electron chi connectivity index (χ0n) is 18.7. The summed E-state index contributed by atoms with van der Waals surface area (Å²) in [7, 11) is 1.63. The molecule has 2 N–H and O–H groups in total. The van der Waals surface area contributed by atoms with Gasteiger partial charge in [0.2, 0.25) is 0 Å². The van der Waals surface area contributed by atoms with Crippen LogP contribution in [0.25, 0.3) is 15.6 Å². The lowest BCUT2D eigenvalue weighted by Gasteiger charge is -2.43. The number of hydrogen-bond donors (Lipinski definition) is 2. The lowest BCUT2D eigenvalue weighted by Crippen LogP contribution is -2.60. The number of aliphatic hydroxyl groups excluding tert-OH is 1. The summed E-state index contributed by atoms with van der Waals surface area (Å²) >= 11 is 1.55. The number of thiophene rings is 1. The zero-order chi connectivity index (χ0) is 23.4. The second-order valence-corrected chi connectivity index (χ2v) is 9.55. The summed E-state index contributed by atoms with van der Waals surface area (Å²) in [5, 5.41) is 17.7. The maximum Gasteiger partial charge on any atom is 0.256 e. The zero-order valence-corrected chi connectivity index (χ0v) is 19.6. The van der Waals surface area contributed by atoms with E-state index in [0.717, 1.165) is 20.5 Å². The molecule has 1 aliphatic rings. The molecule has 9 heteroatoms. The van der Waals surface area contributed by atoms with Crippen LogP contribution in [-0.4, -0.2) is 57.2 Å². The highest BCUT2D eigenvalue weighted by Gasteiger charge is 2.38. The number of hydrogen-bond acceptors (Lipinski definition) is 6. The molecule has 4 heterocycles. The SMILES string of the molecule is CNC(=O)c1c(C)sc2cc(Oc3ccnn4cc(C(=O)N5C[C@@H](O)[C@H]5C)c(C)c34)ccc12. The van der Waals surface area contributed by atoms with Gasteiger partial charge in [0.25, 0.3) is 11.8 Å². The van der Waals surface area contributed by atoms with Crippen molar-refractivity contribution in [3.05, 3.63) is 58.2 Å². The van der Waals surface area contributed by atoms with Crippen molar-refractivity contribution in [1.82, 2.24) is 19.8 Å². The molecule has 0 unspecified atom stereocenters. The second-order valence-electron chi connectivity index (χ2n) is 8.29. The Kier molecular flexibility index (Phi) is 5.10. The predicted molar refractivity (Wildman–Crippen MR) is 126 cm³/mol. The lowest BCUT2D eigenvalue weighted by atomic mass is 9.99. The van der Waals surface area contributed by atoms with Crippen LogP contribution in [0, 0.1) is 13.8 Å². The Labute approximate surface area is 194 Å². The largest absolute Gasteiger partial charge is 0.455 e. The highest BCUT2D eigenvalue weighted by molar-refractivity contribution is 7.19. The number of β-amino-alcohol motifs (C(OH)–C–C–N with tert-alkyl or cyclic N) is 1. The Balaban J connectivity index is 1.51. The lowest BCUT2D eigenvalue weighted by molar-refractivity contribution is -0.0357. The Morgan fingerprint density at radius 1 is 1.27 bits per heavy atom. The van der Waals surface area contributed by atoms with Crippen LogP contribution >= 0.6 is 11.3 Å². The van der Waals surface area contributed by atoms with Gasteiger partial charge in [0.15, 0.2) is 5.75 Å². The normalized spacial score (nSPS) is 17.9. The molecule has 0 saturated carbocycles. The van der Waals surface area contributed by atoms with E-state index in [0.29, 0.717) is 34.7 Å². The van der Waals surface area contributed by atoms with Gasteiger partial charge >= 0.3 is 0 Å². The van der Waals surface area contributed by atoms with Gasteiger partial charge in [-0.1, -0.05) is 0 Å². The van der Waals surface area contributed by atoms with Crippen LogP contribution in [0.15, 0.2) is 36.7 Å². The molecular formula is C24H24N4O4S. The molecule has 0 bridgehead atoms. The first kappa shape index (κ1) is 21.4. The summed E-state index contributed by atoms with van der Waals surface area (Å²) in [6, 6.07) is 7.22. The molecule has 1 saturated heterocycles. The van der Waals surface area contributed by atoms with Crippen molar-refractivity contribution in [2.75, 3.05) is 13.6 Å². The molecule has 33 heavy (non-hydrogen) atoms. The molecule has 170 valence electrons. The minimum atomic E-state index is -0.483. The number of aliphatic hydroxyl groups is 1. The Morgan fingerprint density at radius 2 is 2.06 bits per heavy atom. The molecule has 2 atom stereocenters. The molecule has 1 fully saturated rings. The number of carbonyl (C=O) groups is 2. The first-order chi connectivity index (χ1) is 15.8. The van der Waals surface area contributed by atoms with E-state index in [2.05, 4.69) is 10.4 Å². The highest BCUT2D eigenvalue weighted by atomic mass is 32.1. The van der Waals surface area contributed by atoms with Crippen LogP contribution < -0.4 is 10.1 Å². The van der Waals surface area contributed by atoms with Gasteiger partial charge in [-0.05, 0) is 44.5 Å². The first-order valence-corrected chi connectivity index (χ1v) is 11.5. The smallest absolute Gasteiger partial charge is 0.256 e. The van der Waals surface area contributed by atoms with Crippen molar-refractivity contribution >= 4 is 38.8 Å². The van der Waals surface area contributed by atoms with E-state index >= 15 is 0 Å². The standard InChI is InChI=1S/C24H24N4O4S/c1-12-17(24(31)27-11-18(29)13(27)2)10-28-22(12)19(7-8-26-28)32-15-5-6-16-20(9-15)33-14(3)21(16)23(30)25-4/h5-10,13,18,29H,11H2,1-4H3,(H,25,30)/t13-,18-/m1/s1. The number of aromatic nitrogens is 2. The minimum Gasteiger partial charge on any atom is -0.455 e. The van der Waals surface area contributed by atoms with Crippen molar-refractivity contribution in [2.45, 2.75) is 32.9 Å². The molecule has 8 nitrogen and oxygen atoms in total. The molecule has 0 radical (unpaired) electrons. The summed E-state index contributed by atoms with van der Waals surface area (Å²) < 4.78 is 8.84. The average molecular weight is 465 g/mol. The topological polar surface area (TPSA) is 96.2 Å². The van der Waals surface area contributed by atoms with Crippen LogP contribution in [-0.2, 0) is 0 Å². The van der Waals surface area contributed by atoms with E-state index in [1.54, 1.807) is 46.3 Å². The maximum absolute atomic E-state index is 13.0. The van der Waals surface area contributed by atoms with Gasteiger partial charge in [-0.3, -0.25) is 9.59 Å². The summed E-state index contributed by atoms with van der Waals surface area (Å²) in [4.78, 5) is 27.9. The number of carbonyl (C=O) groups excluding carboxylic acids is 2. The summed E-state index contributed by atoms with van der Waals surface area (Å²) in [6.45, 7) is 5.98. The molecule has 1 aromatic carbocycles. The fourth-order valence-electron chi connectivity index (χ4n) is 4.33. The molecule has 3 aromatic heterocycles. The quantitative estimate of drug-likeness (QED) is 0.482. The molecule has 0 spiro atoms. The molecule has 0 aliphatic carbocycles.